The number of carbonyl (C=O) groups is 3. The summed E-state index contributed by atoms with van der Waals surface area (Å²) >= 11 is 0. The quantitative estimate of drug-likeness (QED) is 0.852. The Labute approximate surface area is 174 Å². The van der Waals surface area contributed by atoms with Gasteiger partial charge in [0, 0.05) is 18.4 Å². The monoisotopic (exact) mass is 405 g/mol. The van der Waals surface area contributed by atoms with Gasteiger partial charge in [-0.3, -0.25) is 19.3 Å². The van der Waals surface area contributed by atoms with Gasteiger partial charge in [0.05, 0.1) is 23.9 Å². The Morgan fingerprint density at radius 1 is 1.17 bits per heavy atom. The van der Waals surface area contributed by atoms with Crippen LogP contribution in [0.3, 0.4) is 0 Å². The fourth-order valence-corrected chi connectivity index (χ4v) is 4.82. The van der Waals surface area contributed by atoms with Crippen LogP contribution in [0.15, 0.2) is 48.5 Å². The topological polar surface area (TPSA) is 79.0 Å². The third-order valence-electron chi connectivity index (χ3n) is 6.34. The third kappa shape index (κ3) is 2.76. The summed E-state index contributed by atoms with van der Waals surface area (Å²) in [5.74, 6) is 0.282. The Bertz CT molecular complexity index is 1050. The minimum absolute atomic E-state index is 0.0267. The number of amides is 3. The van der Waals surface area contributed by atoms with Gasteiger partial charge in [-0.1, -0.05) is 30.3 Å². The number of carbonyl (C=O) groups excluding carboxylic acids is 3. The molecule has 0 spiro atoms. The van der Waals surface area contributed by atoms with Gasteiger partial charge in [0.25, 0.3) is 5.91 Å². The molecule has 5 rings (SSSR count). The first-order valence-electron chi connectivity index (χ1n) is 10.2. The Morgan fingerprint density at radius 2 is 1.93 bits per heavy atom. The molecule has 1 fully saturated rings. The molecule has 0 aliphatic carbocycles. The van der Waals surface area contributed by atoms with Crippen molar-refractivity contribution in [3.8, 4) is 5.75 Å². The molecule has 0 bridgehead atoms. The molecule has 154 valence electrons. The summed E-state index contributed by atoms with van der Waals surface area (Å²) in [5, 5.41) is 3.06. The van der Waals surface area contributed by atoms with E-state index in [1.807, 2.05) is 37.3 Å². The summed E-state index contributed by atoms with van der Waals surface area (Å²) in [7, 11) is 0. The maximum atomic E-state index is 13.3. The molecular formula is C23H23N3O4. The van der Waals surface area contributed by atoms with Crippen molar-refractivity contribution in [2.75, 3.05) is 18.1 Å². The van der Waals surface area contributed by atoms with E-state index in [-0.39, 0.29) is 30.3 Å². The predicted octanol–water partition coefficient (Wildman–Crippen LogP) is 2.63. The number of para-hydroxylation sites is 2. The van der Waals surface area contributed by atoms with Crippen LogP contribution in [-0.2, 0) is 9.59 Å². The van der Waals surface area contributed by atoms with Crippen LogP contribution in [0.1, 0.15) is 48.1 Å². The van der Waals surface area contributed by atoms with Crippen LogP contribution in [0.5, 0.6) is 5.75 Å². The van der Waals surface area contributed by atoms with E-state index in [4.69, 9.17) is 4.74 Å². The van der Waals surface area contributed by atoms with Crippen molar-refractivity contribution < 1.29 is 19.1 Å². The van der Waals surface area contributed by atoms with Crippen molar-refractivity contribution in [2.45, 2.75) is 37.9 Å². The maximum Gasteiger partial charge on any atom is 0.258 e. The van der Waals surface area contributed by atoms with Crippen LogP contribution in [-0.4, -0.2) is 41.4 Å². The second kappa shape index (κ2) is 6.86. The maximum absolute atomic E-state index is 13.3. The number of benzene rings is 2. The number of nitrogens with one attached hydrogen (secondary N) is 1. The van der Waals surface area contributed by atoms with E-state index in [0.29, 0.717) is 37.1 Å². The number of hydrogen-bond acceptors (Lipinski definition) is 4. The predicted molar refractivity (Wildman–Crippen MR) is 110 cm³/mol. The molecule has 3 amide bonds. The van der Waals surface area contributed by atoms with Gasteiger partial charge in [0.2, 0.25) is 11.8 Å². The number of fused-ring (bicyclic) bond motifs is 4. The molecule has 3 aliphatic rings. The highest BCUT2D eigenvalue weighted by atomic mass is 16.5. The summed E-state index contributed by atoms with van der Waals surface area (Å²) in [6.07, 6.45) is 1.52. The van der Waals surface area contributed by atoms with Gasteiger partial charge in [-0.15, -0.1) is 0 Å². The van der Waals surface area contributed by atoms with Crippen molar-refractivity contribution >= 4 is 23.4 Å². The van der Waals surface area contributed by atoms with E-state index in [0.717, 1.165) is 11.3 Å². The molecular weight excluding hydrogens is 382 g/mol. The lowest BCUT2D eigenvalue weighted by atomic mass is 9.98. The fourth-order valence-electron chi connectivity index (χ4n) is 4.82. The van der Waals surface area contributed by atoms with Crippen LogP contribution in [0.2, 0.25) is 0 Å². The Kier molecular flexibility index (Phi) is 4.27. The molecule has 3 heterocycles. The summed E-state index contributed by atoms with van der Waals surface area (Å²) in [4.78, 5) is 42.2. The van der Waals surface area contributed by atoms with E-state index in [9.17, 15) is 14.4 Å². The van der Waals surface area contributed by atoms with Gasteiger partial charge in [-0.2, -0.15) is 0 Å². The lowest BCUT2D eigenvalue weighted by Crippen LogP contribution is -2.64. The first-order chi connectivity index (χ1) is 14.5. The van der Waals surface area contributed by atoms with Crippen molar-refractivity contribution in [1.82, 2.24) is 10.2 Å². The van der Waals surface area contributed by atoms with E-state index in [1.54, 1.807) is 28.0 Å². The molecule has 1 N–H and O–H groups in total. The van der Waals surface area contributed by atoms with E-state index in [2.05, 4.69) is 5.32 Å². The van der Waals surface area contributed by atoms with Crippen LogP contribution >= 0.6 is 0 Å². The molecule has 3 aliphatic heterocycles. The summed E-state index contributed by atoms with van der Waals surface area (Å²) in [5.41, 5.74) is 1.18. The van der Waals surface area contributed by atoms with Gasteiger partial charge in [-0.25, -0.2) is 0 Å². The third-order valence-corrected chi connectivity index (χ3v) is 6.34. The van der Waals surface area contributed by atoms with Gasteiger partial charge < -0.3 is 15.0 Å². The number of ether oxygens (including phenoxy) is 1. The molecule has 0 saturated carbocycles. The highest BCUT2D eigenvalue weighted by Gasteiger charge is 2.53. The number of nitrogens with zero attached hydrogens (tertiary/aromatic N) is 2. The molecule has 2 aromatic rings. The lowest BCUT2D eigenvalue weighted by molar-refractivity contribution is -0.124. The average Bonchev–Trinajstić information content (AvgIpc) is 3.07. The summed E-state index contributed by atoms with van der Waals surface area (Å²) in [6, 6.07) is 14.6. The molecule has 2 aromatic carbocycles. The first kappa shape index (κ1) is 18.7. The molecule has 2 unspecified atom stereocenters. The smallest absolute Gasteiger partial charge is 0.258 e. The summed E-state index contributed by atoms with van der Waals surface area (Å²) in [6.45, 7) is 2.29. The standard InChI is InChI=1S/C23H23N3O4/c1-23-12-10-21(28)26(23)18-8-4-2-7-16(18)22(29)25(23)14-20(27)24-17-11-13-30-19-9-5-3-6-15(17)19/h2-9,17H,10-14H2,1H3,(H,24,27). The molecule has 1 saturated heterocycles. The molecule has 7 nitrogen and oxygen atoms in total. The molecule has 2 atom stereocenters. The first-order valence-corrected chi connectivity index (χ1v) is 10.2. The van der Waals surface area contributed by atoms with Crippen LogP contribution in [0.4, 0.5) is 5.69 Å². The second-order valence-corrected chi connectivity index (χ2v) is 8.15. The molecule has 0 radical (unpaired) electrons. The number of anilines is 1. The largest absolute Gasteiger partial charge is 0.493 e. The molecule has 30 heavy (non-hydrogen) atoms. The highest BCUT2D eigenvalue weighted by Crippen LogP contribution is 2.43. The minimum atomic E-state index is -0.840. The minimum Gasteiger partial charge on any atom is -0.493 e. The van der Waals surface area contributed by atoms with Gasteiger partial charge in [0.1, 0.15) is 18.0 Å². The van der Waals surface area contributed by atoms with Crippen LogP contribution in [0, 0.1) is 0 Å². The highest BCUT2D eigenvalue weighted by molar-refractivity contribution is 6.11. The van der Waals surface area contributed by atoms with Crippen molar-refractivity contribution in [2.24, 2.45) is 0 Å². The SMILES string of the molecule is CC12CCC(=O)N1c1ccccc1C(=O)N2CC(=O)NC1CCOc2ccccc21. The van der Waals surface area contributed by atoms with Gasteiger partial charge in [-0.05, 0) is 31.5 Å². The second-order valence-electron chi connectivity index (χ2n) is 8.15. The van der Waals surface area contributed by atoms with Crippen molar-refractivity contribution in [3.63, 3.8) is 0 Å². The fraction of sp³-hybridized carbons (Fsp3) is 0.348. The Morgan fingerprint density at radius 3 is 2.80 bits per heavy atom. The van der Waals surface area contributed by atoms with E-state index < -0.39 is 5.66 Å². The van der Waals surface area contributed by atoms with Crippen LogP contribution in [0.25, 0.3) is 0 Å². The van der Waals surface area contributed by atoms with Crippen molar-refractivity contribution in [3.05, 3.63) is 59.7 Å². The van der Waals surface area contributed by atoms with Crippen LogP contribution < -0.4 is 15.0 Å². The Hall–Kier alpha value is -3.35. The van der Waals surface area contributed by atoms with Gasteiger partial charge in [0.15, 0.2) is 0 Å². The van der Waals surface area contributed by atoms with Crippen molar-refractivity contribution in [1.29, 1.82) is 0 Å². The number of hydrogen-bond donors (Lipinski definition) is 1. The normalized spacial score (nSPS) is 24.6. The zero-order chi connectivity index (χ0) is 20.9. The zero-order valence-electron chi connectivity index (χ0n) is 16.8. The Balaban J connectivity index is 1.41. The van der Waals surface area contributed by atoms with Gasteiger partial charge >= 0.3 is 0 Å². The number of rotatable bonds is 3. The van der Waals surface area contributed by atoms with E-state index >= 15 is 0 Å². The molecule has 0 aromatic heterocycles. The van der Waals surface area contributed by atoms with E-state index in [1.165, 1.54) is 0 Å². The average molecular weight is 405 g/mol. The summed E-state index contributed by atoms with van der Waals surface area (Å²) < 4.78 is 5.67. The lowest BCUT2D eigenvalue weighted by Gasteiger charge is -2.48. The zero-order valence-corrected chi connectivity index (χ0v) is 16.8. The molecule has 7 heteroatoms.